The molecule has 1 aromatic heterocycles. The number of benzene rings is 2. The van der Waals surface area contributed by atoms with Crippen LogP contribution in [0.15, 0.2) is 53.9 Å². The third kappa shape index (κ3) is 5.94. The molecule has 1 aliphatic heterocycles. The lowest BCUT2D eigenvalue weighted by Gasteiger charge is -2.31. The number of ether oxygens (including phenoxy) is 2. The van der Waals surface area contributed by atoms with Crippen molar-refractivity contribution in [3.05, 3.63) is 59.5 Å². The van der Waals surface area contributed by atoms with Gasteiger partial charge >= 0.3 is 0 Å². The highest BCUT2D eigenvalue weighted by molar-refractivity contribution is 7.14. The van der Waals surface area contributed by atoms with E-state index < -0.39 is 0 Å². The Morgan fingerprint density at radius 1 is 1.15 bits per heavy atom. The van der Waals surface area contributed by atoms with Crippen LogP contribution in [-0.2, 0) is 9.59 Å². The maximum absolute atomic E-state index is 12.8. The van der Waals surface area contributed by atoms with Crippen molar-refractivity contribution in [3.63, 3.8) is 0 Å². The molecule has 1 N–H and O–H groups in total. The summed E-state index contributed by atoms with van der Waals surface area (Å²) in [5, 5.41) is 5.45. The van der Waals surface area contributed by atoms with Crippen molar-refractivity contribution >= 4 is 28.3 Å². The number of hydrogen-bond acceptors (Lipinski definition) is 6. The third-order valence-electron chi connectivity index (χ3n) is 5.91. The lowest BCUT2D eigenvalue weighted by Crippen LogP contribution is -2.41. The molecular formula is C26H29N3O4S. The second kappa shape index (κ2) is 11.2. The number of likely N-dealkylation sites (tertiary alicyclic amines) is 1. The number of carbonyl (C=O) groups is 2. The maximum Gasteiger partial charge on any atom is 0.229 e. The number of aryl methyl sites for hydroxylation is 1. The molecule has 4 rings (SSSR count). The summed E-state index contributed by atoms with van der Waals surface area (Å²) < 4.78 is 11.1. The SMILES string of the molecule is COc1ccc(C)cc1-c1csc(NC(=O)C2CCN(C(=O)CCOc3ccccc3)CC2)n1. The Labute approximate surface area is 203 Å². The Morgan fingerprint density at radius 2 is 1.91 bits per heavy atom. The van der Waals surface area contributed by atoms with Crippen molar-refractivity contribution in [2.45, 2.75) is 26.2 Å². The standard InChI is InChI=1S/C26H29N3O4S/c1-18-8-9-23(32-2)21(16-18)22-17-34-26(27-22)28-25(31)19-10-13-29(14-11-19)24(30)12-15-33-20-6-4-3-5-7-20/h3-9,16-17,19H,10-15H2,1-2H3,(H,27,28,31). The van der Waals surface area contributed by atoms with Crippen LogP contribution in [0.3, 0.4) is 0 Å². The summed E-state index contributed by atoms with van der Waals surface area (Å²) >= 11 is 1.40. The van der Waals surface area contributed by atoms with Gasteiger partial charge in [0.05, 0.1) is 25.8 Å². The molecule has 0 atom stereocenters. The van der Waals surface area contributed by atoms with Gasteiger partial charge in [-0.3, -0.25) is 9.59 Å². The summed E-state index contributed by atoms with van der Waals surface area (Å²) in [5.74, 6) is 1.39. The van der Waals surface area contributed by atoms with E-state index in [-0.39, 0.29) is 17.7 Å². The number of para-hydroxylation sites is 1. The van der Waals surface area contributed by atoms with Gasteiger partial charge in [0, 0.05) is 30.0 Å². The Hall–Kier alpha value is -3.39. The van der Waals surface area contributed by atoms with Gasteiger partial charge < -0.3 is 19.7 Å². The van der Waals surface area contributed by atoms with E-state index in [0.29, 0.717) is 44.1 Å². The maximum atomic E-state index is 12.8. The molecule has 0 aliphatic carbocycles. The lowest BCUT2D eigenvalue weighted by molar-refractivity contribution is -0.135. The zero-order valence-electron chi connectivity index (χ0n) is 19.5. The molecular weight excluding hydrogens is 450 g/mol. The van der Waals surface area contributed by atoms with Crippen LogP contribution in [0, 0.1) is 12.8 Å². The number of methoxy groups -OCH3 is 1. The number of hydrogen-bond donors (Lipinski definition) is 1. The first-order valence-electron chi connectivity index (χ1n) is 11.4. The van der Waals surface area contributed by atoms with Crippen molar-refractivity contribution < 1.29 is 19.1 Å². The highest BCUT2D eigenvalue weighted by atomic mass is 32.1. The summed E-state index contributed by atoms with van der Waals surface area (Å²) in [5.41, 5.74) is 2.80. The van der Waals surface area contributed by atoms with E-state index in [9.17, 15) is 9.59 Å². The number of nitrogens with zero attached hydrogens (tertiary/aromatic N) is 2. The van der Waals surface area contributed by atoms with Gasteiger partial charge in [-0.25, -0.2) is 4.98 Å². The number of carbonyl (C=O) groups excluding carboxylic acids is 2. The average Bonchev–Trinajstić information content (AvgIpc) is 3.33. The minimum atomic E-state index is -0.134. The molecule has 2 aromatic carbocycles. The Bertz CT molecular complexity index is 1120. The van der Waals surface area contributed by atoms with Gasteiger partial charge in [-0.15, -0.1) is 11.3 Å². The van der Waals surface area contributed by atoms with Gasteiger partial charge in [0.2, 0.25) is 11.8 Å². The Kier molecular flexibility index (Phi) is 7.80. The molecule has 0 spiro atoms. The minimum absolute atomic E-state index is 0.0448. The smallest absolute Gasteiger partial charge is 0.229 e. The number of thiazole rings is 1. The lowest BCUT2D eigenvalue weighted by atomic mass is 9.96. The van der Waals surface area contributed by atoms with Crippen molar-refractivity contribution in [2.24, 2.45) is 5.92 Å². The molecule has 1 fully saturated rings. The predicted molar refractivity (Wildman–Crippen MR) is 133 cm³/mol. The summed E-state index contributed by atoms with van der Waals surface area (Å²) in [7, 11) is 1.64. The zero-order valence-corrected chi connectivity index (χ0v) is 20.3. The van der Waals surface area contributed by atoms with Crippen LogP contribution < -0.4 is 14.8 Å². The summed E-state index contributed by atoms with van der Waals surface area (Å²) in [6, 6.07) is 15.4. The van der Waals surface area contributed by atoms with Crippen molar-refractivity contribution in [2.75, 3.05) is 32.1 Å². The molecule has 1 aliphatic rings. The second-order valence-electron chi connectivity index (χ2n) is 8.30. The van der Waals surface area contributed by atoms with Gasteiger partial charge in [-0.2, -0.15) is 0 Å². The van der Waals surface area contributed by atoms with Crippen LogP contribution in [0.4, 0.5) is 5.13 Å². The third-order valence-corrected chi connectivity index (χ3v) is 6.67. The summed E-state index contributed by atoms with van der Waals surface area (Å²) in [6.45, 7) is 3.52. The minimum Gasteiger partial charge on any atom is -0.496 e. The van der Waals surface area contributed by atoms with Crippen LogP contribution in [-0.4, -0.2) is 48.5 Å². The van der Waals surface area contributed by atoms with Gasteiger partial charge in [0.15, 0.2) is 5.13 Å². The van der Waals surface area contributed by atoms with Crippen molar-refractivity contribution in [3.8, 4) is 22.8 Å². The van der Waals surface area contributed by atoms with E-state index >= 15 is 0 Å². The molecule has 0 saturated carbocycles. The average molecular weight is 480 g/mol. The monoisotopic (exact) mass is 479 g/mol. The van der Waals surface area contributed by atoms with Gasteiger partial charge in [-0.05, 0) is 44.0 Å². The summed E-state index contributed by atoms with van der Waals surface area (Å²) in [6.07, 6.45) is 1.61. The second-order valence-corrected chi connectivity index (χ2v) is 9.16. The van der Waals surface area contributed by atoms with Crippen molar-refractivity contribution in [1.29, 1.82) is 0 Å². The molecule has 8 heteroatoms. The number of anilines is 1. The fourth-order valence-electron chi connectivity index (χ4n) is 4.01. The van der Waals surface area contributed by atoms with E-state index in [0.717, 1.165) is 28.3 Å². The topological polar surface area (TPSA) is 80.8 Å². The summed E-state index contributed by atoms with van der Waals surface area (Å²) in [4.78, 5) is 31.7. The highest BCUT2D eigenvalue weighted by Crippen LogP contribution is 2.33. The molecule has 0 bridgehead atoms. The molecule has 34 heavy (non-hydrogen) atoms. The van der Waals surface area contributed by atoms with E-state index in [1.54, 1.807) is 7.11 Å². The van der Waals surface area contributed by atoms with Crippen LogP contribution >= 0.6 is 11.3 Å². The molecule has 1 saturated heterocycles. The first kappa shape index (κ1) is 23.8. The largest absolute Gasteiger partial charge is 0.496 e. The van der Waals surface area contributed by atoms with Gasteiger partial charge in [0.1, 0.15) is 11.5 Å². The normalized spacial score (nSPS) is 14.0. The fraction of sp³-hybridized carbons (Fsp3) is 0.346. The van der Waals surface area contributed by atoms with E-state index in [2.05, 4.69) is 10.3 Å². The first-order chi connectivity index (χ1) is 16.5. The quantitative estimate of drug-likeness (QED) is 0.503. The number of rotatable bonds is 8. The van der Waals surface area contributed by atoms with E-state index in [1.165, 1.54) is 11.3 Å². The first-order valence-corrected chi connectivity index (χ1v) is 12.3. The molecule has 0 radical (unpaired) electrons. The van der Waals surface area contributed by atoms with Gasteiger partial charge in [0.25, 0.3) is 0 Å². The molecule has 7 nitrogen and oxygen atoms in total. The van der Waals surface area contributed by atoms with E-state index in [4.69, 9.17) is 9.47 Å². The van der Waals surface area contributed by atoms with Crippen LogP contribution in [0.25, 0.3) is 11.3 Å². The molecule has 2 heterocycles. The molecule has 178 valence electrons. The zero-order chi connectivity index (χ0) is 23.9. The highest BCUT2D eigenvalue weighted by Gasteiger charge is 2.27. The van der Waals surface area contributed by atoms with Crippen molar-refractivity contribution in [1.82, 2.24) is 9.88 Å². The van der Waals surface area contributed by atoms with Crippen LogP contribution in [0.2, 0.25) is 0 Å². The number of amides is 2. The Morgan fingerprint density at radius 3 is 2.65 bits per heavy atom. The predicted octanol–water partition coefficient (Wildman–Crippen LogP) is 4.77. The van der Waals surface area contributed by atoms with Crippen LogP contribution in [0.5, 0.6) is 11.5 Å². The molecule has 3 aromatic rings. The van der Waals surface area contributed by atoms with Crippen LogP contribution in [0.1, 0.15) is 24.8 Å². The van der Waals surface area contributed by atoms with E-state index in [1.807, 2.05) is 65.7 Å². The molecule has 0 unspecified atom stereocenters. The Balaban J connectivity index is 1.25. The number of nitrogens with one attached hydrogen (secondary N) is 1. The van der Waals surface area contributed by atoms with Gasteiger partial charge in [-0.1, -0.05) is 29.8 Å². The number of piperidine rings is 1. The number of aromatic nitrogens is 1. The fourth-order valence-corrected chi connectivity index (χ4v) is 4.72. The molecule has 2 amide bonds.